The molecule has 0 fully saturated rings. The summed E-state index contributed by atoms with van der Waals surface area (Å²) in [5.41, 5.74) is 4.90. The lowest BCUT2D eigenvalue weighted by Crippen LogP contribution is -2.43. The van der Waals surface area contributed by atoms with Crippen molar-refractivity contribution in [3.05, 3.63) is 11.6 Å². The van der Waals surface area contributed by atoms with E-state index in [0.717, 1.165) is 6.07 Å². The molecule has 0 spiro atoms. The van der Waals surface area contributed by atoms with Crippen LogP contribution >= 0.6 is 0 Å². The molecule has 2 bridgehead atoms. The lowest BCUT2D eigenvalue weighted by molar-refractivity contribution is -0.161. The molecule has 0 aliphatic carbocycles. The summed E-state index contributed by atoms with van der Waals surface area (Å²) in [5, 5.41) is 48.2. The fraction of sp³-hybridized carbons (Fsp3) is 0.333. The maximum atomic E-state index is 11.7. The molecule has 0 saturated heterocycles. The van der Waals surface area contributed by atoms with Crippen molar-refractivity contribution in [2.24, 2.45) is 5.73 Å². The van der Waals surface area contributed by atoms with Crippen LogP contribution in [0.15, 0.2) is 6.07 Å². The van der Waals surface area contributed by atoms with Gasteiger partial charge in [0, 0.05) is 12.6 Å². The highest BCUT2D eigenvalue weighted by Gasteiger charge is 2.38. The Hall–Kier alpha value is -2.44. The zero-order chi connectivity index (χ0) is 16.6. The van der Waals surface area contributed by atoms with Crippen LogP contribution in [0.4, 0.5) is 0 Å². The van der Waals surface area contributed by atoms with Crippen molar-refractivity contribution in [3.8, 4) is 23.0 Å². The first-order chi connectivity index (χ1) is 10.3. The first kappa shape index (κ1) is 18.6. The van der Waals surface area contributed by atoms with E-state index < -0.39 is 59.8 Å². The number of esters is 2. The summed E-state index contributed by atoms with van der Waals surface area (Å²) in [4.78, 5) is 23.3. The Kier molecular flexibility index (Phi) is 5.47. The summed E-state index contributed by atoms with van der Waals surface area (Å²) >= 11 is 0. The molecular weight excluding hydrogens is 318 g/mol. The summed E-state index contributed by atoms with van der Waals surface area (Å²) in [6, 6.07) is 0.767. The van der Waals surface area contributed by atoms with Gasteiger partial charge in [0.05, 0.1) is 11.7 Å². The number of aromatic hydroxyl groups is 2. The maximum Gasteiger partial charge on any atom is 0.343 e. The van der Waals surface area contributed by atoms with Gasteiger partial charge in [-0.2, -0.15) is 0 Å². The number of aliphatic hydroxyl groups is 3. The van der Waals surface area contributed by atoms with Gasteiger partial charge in [-0.15, -0.1) is 0 Å². The zero-order valence-electron chi connectivity index (χ0n) is 11.5. The van der Waals surface area contributed by atoms with Crippen LogP contribution in [-0.4, -0.2) is 61.7 Å². The van der Waals surface area contributed by atoms with Crippen LogP contribution in [0.5, 0.6) is 23.0 Å². The normalized spacial score (nSPS) is 21.9. The lowest BCUT2D eigenvalue weighted by atomic mass is 10.1. The number of phenols is 2. The highest BCUT2D eigenvalue weighted by atomic mass is 16.6. The third-order valence-electron chi connectivity index (χ3n) is 2.99. The van der Waals surface area contributed by atoms with E-state index in [4.69, 9.17) is 10.5 Å². The quantitative estimate of drug-likeness (QED) is 0.181. The van der Waals surface area contributed by atoms with E-state index in [0.29, 0.717) is 0 Å². The van der Waals surface area contributed by atoms with Gasteiger partial charge in [-0.1, -0.05) is 0 Å². The van der Waals surface area contributed by atoms with Crippen molar-refractivity contribution in [1.29, 1.82) is 0 Å². The SMILES string of the molecule is NC[C@H](O)c1c2cc(O)c(O)c1OC(=O)C(O)C(O)C(=O)O2.O. The molecule has 0 saturated carbocycles. The largest absolute Gasteiger partial charge is 0.504 e. The number of benzene rings is 1. The van der Waals surface area contributed by atoms with Gasteiger partial charge in [-0.05, 0) is 0 Å². The molecule has 128 valence electrons. The molecule has 3 atom stereocenters. The molecule has 0 amide bonds. The van der Waals surface area contributed by atoms with Gasteiger partial charge in [-0.3, -0.25) is 0 Å². The lowest BCUT2D eigenvalue weighted by Gasteiger charge is -2.18. The minimum Gasteiger partial charge on any atom is -0.504 e. The second-order valence-corrected chi connectivity index (χ2v) is 4.47. The van der Waals surface area contributed by atoms with Crippen LogP contribution in [0, 0.1) is 0 Å². The number of aliphatic hydroxyl groups excluding tert-OH is 3. The average molecular weight is 333 g/mol. The van der Waals surface area contributed by atoms with Crippen LogP contribution in [-0.2, 0) is 9.59 Å². The summed E-state index contributed by atoms with van der Waals surface area (Å²) in [7, 11) is 0. The van der Waals surface area contributed by atoms with Gasteiger partial charge in [0.25, 0.3) is 0 Å². The fourth-order valence-electron chi connectivity index (χ4n) is 1.83. The van der Waals surface area contributed by atoms with Crippen molar-refractivity contribution in [3.63, 3.8) is 0 Å². The number of carbonyl (C=O) groups is 2. The average Bonchev–Trinajstić information content (AvgIpc) is 2.51. The van der Waals surface area contributed by atoms with Gasteiger partial charge in [0.2, 0.25) is 5.75 Å². The molecule has 23 heavy (non-hydrogen) atoms. The summed E-state index contributed by atoms with van der Waals surface area (Å²) in [6.07, 6.45) is -6.07. The van der Waals surface area contributed by atoms with Crippen molar-refractivity contribution in [2.75, 3.05) is 6.54 Å². The van der Waals surface area contributed by atoms with Gasteiger partial charge < -0.3 is 46.2 Å². The molecule has 11 nitrogen and oxygen atoms in total. The van der Waals surface area contributed by atoms with Gasteiger partial charge >= 0.3 is 11.9 Å². The van der Waals surface area contributed by atoms with E-state index in [1.54, 1.807) is 0 Å². The number of nitrogens with two attached hydrogens (primary N) is 1. The standard InChI is InChI=1S/C12H13NO9.H2O/c13-2-4(15)6-5-1-3(14)7(16)10(6)22-12(20)9(18)8(17)11(19)21-5;/h1,4,8-9,14-18H,2,13H2;1H2/t4-,8?,9?;/m0./s1. The van der Waals surface area contributed by atoms with Crippen molar-refractivity contribution >= 4 is 11.9 Å². The number of fused-ring (bicyclic) bond motifs is 2. The summed E-state index contributed by atoms with van der Waals surface area (Å²) in [6.45, 7) is -0.398. The smallest absolute Gasteiger partial charge is 0.343 e. The molecule has 11 heteroatoms. The van der Waals surface area contributed by atoms with Crippen molar-refractivity contribution in [2.45, 2.75) is 18.3 Å². The van der Waals surface area contributed by atoms with E-state index in [1.807, 2.05) is 0 Å². The Balaban J connectivity index is 0.00000264. The Morgan fingerprint density at radius 2 is 1.65 bits per heavy atom. The second kappa shape index (κ2) is 6.76. The molecule has 1 aliphatic heterocycles. The van der Waals surface area contributed by atoms with Crippen LogP contribution in [0.25, 0.3) is 0 Å². The maximum absolute atomic E-state index is 11.7. The number of phenolic OH excluding ortho intramolecular Hbond substituents is 2. The minimum atomic E-state index is -2.29. The number of hydrogen-bond acceptors (Lipinski definition) is 10. The Morgan fingerprint density at radius 1 is 1.13 bits per heavy atom. The van der Waals surface area contributed by atoms with Crippen LogP contribution in [0.3, 0.4) is 0 Å². The molecule has 0 radical (unpaired) electrons. The predicted molar refractivity (Wildman–Crippen MR) is 70.7 cm³/mol. The van der Waals surface area contributed by atoms with Crippen molar-refractivity contribution in [1.82, 2.24) is 0 Å². The molecular formula is C12H15NO10. The molecule has 9 N–H and O–H groups in total. The fourth-order valence-corrected chi connectivity index (χ4v) is 1.83. The number of ether oxygens (including phenoxy) is 2. The first-order valence-corrected chi connectivity index (χ1v) is 6.04. The van der Waals surface area contributed by atoms with Crippen molar-refractivity contribution < 1.29 is 50.1 Å². The predicted octanol–water partition coefficient (Wildman–Crippen LogP) is -3.19. The van der Waals surface area contributed by atoms with Crippen LogP contribution < -0.4 is 15.2 Å². The molecule has 1 aliphatic rings. The molecule has 2 unspecified atom stereocenters. The van der Waals surface area contributed by atoms with Crippen LogP contribution in [0.2, 0.25) is 0 Å². The third-order valence-corrected chi connectivity index (χ3v) is 2.99. The number of carbonyl (C=O) groups excluding carboxylic acids is 2. The van der Waals surface area contributed by atoms with E-state index in [9.17, 15) is 35.1 Å². The number of hydrogen-bond donors (Lipinski definition) is 6. The zero-order valence-corrected chi connectivity index (χ0v) is 11.5. The second-order valence-electron chi connectivity index (χ2n) is 4.47. The highest BCUT2D eigenvalue weighted by Crippen LogP contribution is 2.47. The van der Waals surface area contributed by atoms with Crippen LogP contribution in [0.1, 0.15) is 11.7 Å². The molecule has 0 aromatic heterocycles. The summed E-state index contributed by atoms with van der Waals surface area (Å²) in [5.74, 6) is -5.90. The topological polar surface area (TPSA) is 211 Å². The molecule has 1 aromatic carbocycles. The summed E-state index contributed by atoms with van der Waals surface area (Å²) < 4.78 is 9.39. The molecule has 1 aromatic rings. The Bertz CT molecular complexity index is 631. The van der Waals surface area contributed by atoms with E-state index in [-0.39, 0.29) is 11.0 Å². The number of rotatable bonds is 2. The van der Waals surface area contributed by atoms with E-state index in [2.05, 4.69) is 4.74 Å². The Labute approximate surface area is 128 Å². The van der Waals surface area contributed by atoms with E-state index >= 15 is 0 Å². The monoisotopic (exact) mass is 333 g/mol. The Morgan fingerprint density at radius 3 is 2.17 bits per heavy atom. The highest BCUT2D eigenvalue weighted by molar-refractivity contribution is 5.89. The van der Waals surface area contributed by atoms with E-state index in [1.165, 1.54) is 0 Å². The minimum absolute atomic E-state index is 0. The van der Waals surface area contributed by atoms with Gasteiger partial charge in [0.15, 0.2) is 23.7 Å². The third kappa shape index (κ3) is 3.18. The van der Waals surface area contributed by atoms with Gasteiger partial charge in [0.1, 0.15) is 5.75 Å². The molecule has 2 rings (SSSR count). The van der Waals surface area contributed by atoms with Gasteiger partial charge in [-0.25, -0.2) is 9.59 Å². The molecule has 1 heterocycles. The first-order valence-electron chi connectivity index (χ1n) is 6.04.